The second-order valence-electron chi connectivity index (χ2n) is 14.7. The zero-order valence-corrected chi connectivity index (χ0v) is 28.2. The number of rotatable bonds is 14. The fourth-order valence-corrected chi connectivity index (χ4v) is 5.97. The van der Waals surface area contributed by atoms with Crippen LogP contribution in [-0.2, 0) is 31.5 Å². The van der Waals surface area contributed by atoms with Crippen molar-refractivity contribution in [2.24, 2.45) is 11.8 Å². The summed E-state index contributed by atoms with van der Waals surface area (Å²) in [5.74, 6) is 1.26. The fraction of sp³-hybridized carbons (Fsp3) is 0.824. The quantitative estimate of drug-likeness (QED) is 0.220. The summed E-state index contributed by atoms with van der Waals surface area (Å²) in [6.45, 7) is 26.5. The van der Waals surface area contributed by atoms with Gasteiger partial charge in [-0.1, -0.05) is 91.2 Å². The minimum atomic E-state index is -0.376. The zero-order chi connectivity index (χ0) is 29.9. The highest BCUT2D eigenvalue weighted by molar-refractivity contribution is 6.65. The maximum atomic E-state index is 6.69. The van der Waals surface area contributed by atoms with Crippen LogP contribution in [0.1, 0.15) is 146 Å². The van der Waals surface area contributed by atoms with Crippen LogP contribution in [0.15, 0.2) is 12.1 Å². The zero-order valence-electron chi connectivity index (χ0n) is 28.2. The molecular weight excluding hydrogens is 494 g/mol. The topological polar surface area (TPSA) is 36.9 Å². The molecule has 2 aliphatic rings. The summed E-state index contributed by atoms with van der Waals surface area (Å²) >= 11 is 0. The number of hydrogen-bond acceptors (Lipinski definition) is 4. The summed E-state index contributed by atoms with van der Waals surface area (Å²) in [6.07, 6.45) is 11.9. The summed E-state index contributed by atoms with van der Waals surface area (Å²) in [4.78, 5) is 0. The van der Waals surface area contributed by atoms with Gasteiger partial charge in [0.15, 0.2) is 0 Å². The maximum absolute atomic E-state index is 6.69. The van der Waals surface area contributed by atoms with E-state index in [0.29, 0.717) is 11.8 Å². The molecule has 0 spiro atoms. The molecule has 0 aromatic heterocycles. The highest BCUT2D eigenvalue weighted by Crippen LogP contribution is 2.39. The van der Waals surface area contributed by atoms with Gasteiger partial charge in [-0.15, -0.1) is 0 Å². The molecule has 0 N–H and O–H groups in total. The Morgan fingerprint density at radius 1 is 0.550 bits per heavy atom. The Morgan fingerprint density at radius 3 is 1.10 bits per heavy atom. The van der Waals surface area contributed by atoms with E-state index in [0.717, 1.165) is 12.8 Å². The van der Waals surface area contributed by atoms with E-state index in [1.807, 2.05) is 0 Å². The summed E-state index contributed by atoms with van der Waals surface area (Å²) < 4.78 is 26.7. The molecule has 2 atom stereocenters. The van der Waals surface area contributed by atoms with Crippen molar-refractivity contribution in [2.45, 2.75) is 170 Å². The molecule has 2 fully saturated rings. The third kappa shape index (κ3) is 7.39. The smallest absolute Gasteiger partial charge is 0.399 e. The minimum Gasteiger partial charge on any atom is -0.399 e. The average molecular weight is 554 g/mol. The third-order valence-electron chi connectivity index (χ3n) is 10.5. The molecule has 0 saturated carbocycles. The standard InChI is InChI=1S/C34H60B2O4/c1-13-17-19-25(15-3)21-27-23-30(36-39-33(9,10)34(11,12)40-36)28(22-26(16-4)20-18-14-2)24-29(27)35-37-31(5,6)32(7,8)38-35/h23-26H,13-22H2,1-12H3. The van der Waals surface area contributed by atoms with Gasteiger partial charge in [-0.3, -0.25) is 0 Å². The van der Waals surface area contributed by atoms with E-state index in [1.54, 1.807) is 0 Å². The number of benzene rings is 1. The van der Waals surface area contributed by atoms with Gasteiger partial charge in [0.1, 0.15) is 0 Å². The summed E-state index contributed by atoms with van der Waals surface area (Å²) in [5.41, 5.74) is 3.56. The molecule has 1 aromatic rings. The first-order chi connectivity index (χ1) is 18.6. The largest absolute Gasteiger partial charge is 0.495 e. The predicted molar refractivity (Wildman–Crippen MR) is 172 cm³/mol. The fourth-order valence-electron chi connectivity index (χ4n) is 5.97. The van der Waals surface area contributed by atoms with Crippen LogP contribution < -0.4 is 10.9 Å². The lowest BCUT2D eigenvalue weighted by Gasteiger charge is -2.32. The molecule has 0 aliphatic carbocycles. The Balaban J connectivity index is 2.15. The maximum Gasteiger partial charge on any atom is 0.495 e. The molecule has 1 aromatic carbocycles. The first-order valence-electron chi connectivity index (χ1n) is 16.5. The van der Waals surface area contributed by atoms with Crippen molar-refractivity contribution in [1.82, 2.24) is 0 Å². The molecular formula is C34H60B2O4. The lowest BCUT2D eigenvalue weighted by Crippen LogP contribution is -2.43. The van der Waals surface area contributed by atoms with Crippen molar-refractivity contribution in [2.75, 3.05) is 0 Å². The molecule has 3 rings (SSSR count). The van der Waals surface area contributed by atoms with Crippen LogP contribution in [-0.4, -0.2) is 36.6 Å². The van der Waals surface area contributed by atoms with Crippen molar-refractivity contribution < 1.29 is 18.6 Å². The molecule has 0 radical (unpaired) electrons. The highest BCUT2D eigenvalue weighted by atomic mass is 16.7. The van der Waals surface area contributed by atoms with Gasteiger partial charge in [0, 0.05) is 0 Å². The molecule has 2 aliphatic heterocycles. The molecule has 4 nitrogen and oxygen atoms in total. The van der Waals surface area contributed by atoms with Gasteiger partial charge in [0.25, 0.3) is 0 Å². The molecule has 6 heteroatoms. The Bertz CT molecular complexity index is 861. The SMILES string of the molecule is CCCCC(CC)Cc1cc(B2OC(C)(C)C(C)(C)O2)c(CC(CC)CCCC)cc1B1OC(C)(C)C(C)(C)O1. The van der Waals surface area contributed by atoms with Crippen LogP contribution in [0.5, 0.6) is 0 Å². The van der Waals surface area contributed by atoms with Crippen LogP contribution in [0.2, 0.25) is 0 Å². The normalized spacial score (nSPS) is 22.6. The van der Waals surface area contributed by atoms with Gasteiger partial charge in [-0.2, -0.15) is 0 Å². The Hall–Kier alpha value is -0.810. The Morgan fingerprint density at radius 2 is 0.850 bits per heavy atom. The second-order valence-corrected chi connectivity index (χ2v) is 14.7. The molecule has 40 heavy (non-hydrogen) atoms. The molecule has 2 heterocycles. The summed E-state index contributed by atoms with van der Waals surface area (Å²) in [6, 6.07) is 4.83. The van der Waals surface area contributed by atoms with Crippen molar-refractivity contribution >= 4 is 25.2 Å². The van der Waals surface area contributed by atoms with Gasteiger partial charge < -0.3 is 18.6 Å². The Labute approximate surface area is 248 Å². The number of unbranched alkanes of at least 4 members (excludes halogenated alkanes) is 2. The summed E-state index contributed by atoms with van der Waals surface area (Å²) in [7, 11) is -0.740. The van der Waals surface area contributed by atoms with Crippen LogP contribution in [0.3, 0.4) is 0 Å². The Kier molecular flexibility index (Phi) is 11.1. The lowest BCUT2D eigenvalue weighted by molar-refractivity contribution is 0.00578. The van der Waals surface area contributed by atoms with E-state index >= 15 is 0 Å². The summed E-state index contributed by atoms with van der Waals surface area (Å²) in [5, 5.41) is 0. The average Bonchev–Trinajstić information content (AvgIpc) is 3.23. The monoisotopic (exact) mass is 554 g/mol. The molecule has 2 unspecified atom stereocenters. The van der Waals surface area contributed by atoms with Crippen LogP contribution in [0, 0.1) is 11.8 Å². The predicted octanol–water partition coefficient (Wildman–Crippen LogP) is 7.80. The van der Waals surface area contributed by atoms with Crippen LogP contribution in [0.25, 0.3) is 0 Å². The van der Waals surface area contributed by atoms with Crippen LogP contribution in [0.4, 0.5) is 0 Å². The van der Waals surface area contributed by atoms with E-state index in [9.17, 15) is 0 Å². The lowest BCUT2D eigenvalue weighted by atomic mass is 9.66. The van der Waals surface area contributed by atoms with Crippen LogP contribution >= 0.6 is 0 Å². The van der Waals surface area contributed by atoms with Gasteiger partial charge in [0.2, 0.25) is 0 Å². The van der Waals surface area contributed by atoms with Gasteiger partial charge in [-0.25, -0.2) is 0 Å². The van der Waals surface area contributed by atoms with Gasteiger partial charge in [-0.05, 0) is 102 Å². The van der Waals surface area contributed by atoms with E-state index in [1.165, 1.54) is 73.4 Å². The molecule has 0 amide bonds. The van der Waals surface area contributed by atoms with Crippen molar-refractivity contribution in [3.05, 3.63) is 23.3 Å². The van der Waals surface area contributed by atoms with E-state index < -0.39 is 0 Å². The minimum absolute atomic E-state index is 0.370. The number of hydrogen-bond donors (Lipinski definition) is 0. The third-order valence-corrected chi connectivity index (χ3v) is 10.5. The first kappa shape index (κ1) is 33.7. The first-order valence-corrected chi connectivity index (χ1v) is 16.5. The van der Waals surface area contributed by atoms with Crippen molar-refractivity contribution in [1.29, 1.82) is 0 Å². The van der Waals surface area contributed by atoms with E-state index in [2.05, 4.69) is 95.2 Å². The highest BCUT2D eigenvalue weighted by Gasteiger charge is 2.54. The van der Waals surface area contributed by atoms with E-state index in [4.69, 9.17) is 18.6 Å². The second kappa shape index (κ2) is 13.2. The van der Waals surface area contributed by atoms with Gasteiger partial charge in [0.05, 0.1) is 22.4 Å². The molecule has 2 saturated heterocycles. The molecule has 226 valence electrons. The molecule has 0 bridgehead atoms. The van der Waals surface area contributed by atoms with Crippen molar-refractivity contribution in [3.8, 4) is 0 Å². The van der Waals surface area contributed by atoms with E-state index in [-0.39, 0.29) is 36.6 Å². The van der Waals surface area contributed by atoms with Crippen molar-refractivity contribution in [3.63, 3.8) is 0 Å². The van der Waals surface area contributed by atoms with Gasteiger partial charge >= 0.3 is 14.2 Å².